The highest BCUT2D eigenvalue weighted by molar-refractivity contribution is 7.92. The molecule has 6 nitrogen and oxygen atoms in total. The molecular formula is C23H23ClN2O4S. The smallest absolute Gasteiger partial charge is 0.261 e. The van der Waals surface area contributed by atoms with Crippen LogP contribution in [0.25, 0.3) is 0 Å². The van der Waals surface area contributed by atoms with Gasteiger partial charge in [-0.2, -0.15) is 0 Å². The summed E-state index contributed by atoms with van der Waals surface area (Å²) in [6.07, 6.45) is 0.685. The van der Waals surface area contributed by atoms with E-state index in [2.05, 4.69) is 10.0 Å². The van der Waals surface area contributed by atoms with Crippen molar-refractivity contribution < 1.29 is 17.9 Å². The Morgan fingerprint density at radius 3 is 2.29 bits per heavy atom. The standard InChI is InChI=1S/C23H23ClN2O4S/c1-3-22(16-9-12-18(30-2)13-10-16)25-23(27)20-14-11-17(15-21(20)24)26-31(28,29)19-7-5-4-6-8-19/h4-15,22,26H,3H2,1-2H3,(H,25,27). The van der Waals surface area contributed by atoms with E-state index in [0.29, 0.717) is 6.42 Å². The number of hydrogen-bond acceptors (Lipinski definition) is 4. The van der Waals surface area contributed by atoms with Crippen LogP contribution in [0, 0.1) is 0 Å². The van der Waals surface area contributed by atoms with Crippen molar-refractivity contribution in [2.45, 2.75) is 24.3 Å². The van der Waals surface area contributed by atoms with E-state index in [4.69, 9.17) is 16.3 Å². The van der Waals surface area contributed by atoms with Crippen molar-refractivity contribution in [3.05, 3.63) is 88.9 Å². The Balaban J connectivity index is 1.74. The van der Waals surface area contributed by atoms with Crippen molar-refractivity contribution in [1.29, 1.82) is 0 Å². The zero-order valence-corrected chi connectivity index (χ0v) is 18.7. The van der Waals surface area contributed by atoms with Crippen LogP contribution in [-0.4, -0.2) is 21.4 Å². The number of carbonyl (C=O) groups is 1. The fraction of sp³-hybridized carbons (Fsp3) is 0.174. The molecule has 1 unspecified atom stereocenters. The molecule has 0 aromatic heterocycles. The van der Waals surface area contributed by atoms with Gasteiger partial charge in [-0.3, -0.25) is 9.52 Å². The highest BCUT2D eigenvalue weighted by Gasteiger charge is 2.18. The van der Waals surface area contributed by atoms with Gasteiger partial charge in [-0.15, -0.1) is 0 Å². The summed E-state index contributed by atoms with van der Waals surface area (Å²) in [6, 6.07) is 19.7. The van der Waals surface area contributed by atoms with E-state index in [-0.39, 0.29) is 33.1 Å². The Hall–Kier alpha value is -3.03. The first-order chi connectivity index (χ1) is 14.8. The van der Waals surface area contributed by atoms with Crippen LogP contribution in [0.2, 0.25) is 5.02 Å². The minimum atomic E-state index is -3.75. The number of carbonyl (C=O) groups excluding carboxylic acids is 1. The van der Waals surface area contributed by atoms with E-state index in [1.165, 1.54) is 30.3 Å². The SMILES string of the molecule is CCC(NC(=O)c1ccc(NS(=O)(=O)c2ccccc2)cc1Cl)c1ccc(OC)cc1. The van der Waals surface area contributed by atoms with E-state index in [0.717, 1.165) is 11.3 Å². The fourth-order valence-corrected chi connectivity index (χ4v) is 4.41. The molecule has 0 radical (unpaired) electrons. The third kappa shape index (κ3) is 5.57. The van der Waals surface area contributed by atoms with E-state index in [1.807, 2.05) is 31.2 Å². The van der Waals surface area contributed by atoms with Gasteiger partial charge in [0.2, 0.25) is 0 Å². The van der Waals surface area contributed by atoms with Gasteiger partial charge in [-0.1, -0.05) is 48.9 Å². The molecule has 3 aromatic rings. The maximum absolute atomic E-state index is 12.8. The molecule has 0 saturated heterocycles. The quantitative estimate of drug-likeness (QED) is 0.495. The number of ether oxygens (including phenoxy) is 1. The summed E-state index contributed by atoms with van der Waals surface area (Å²) in [5, 5.41) is 3.12. The third-order valence-corrected chi connectivity index (χ3v) is 6.46. The number of rotatable bonds is 8. The molecule has 31 heavy (non-hydrogen) atoms. The van der Waals surface area contributed by atoms with Gasteiger partial charge in [0.1, 0.15) is 5.75 Å². The van der Waals surface area contributed by atoms with Crippen molar-refractivity contribution in [3.8, 4) is 5.75 Å². The van der Waals surface area contributed by atoms with Crippen LogP contribution in [0.4, 0.5) is 5.69 Å². The summed E-state index contributed by atoms with van der Waals surface area (Å²) in [5.41, 5.74) is 1.48. The molecule has 1 atom stereocenters. The Morgan fingerprint density at radius 1 is 1.03 bits per heavy atom. The molecule has 0 aliphatic rings. The summed E-state index contributed by atoms with van der Waals surface area (Å²) >= 11 is 6.30. The number of anilines is 1. The molecule has 0 aliphatic carbocycles. The molecule has 0 aliphatic heterocycles. The average molecular weight is 459 g/mol. The third-order valence-electron chi connectivity index (χ3n) is 4.75. The zero-order valence-electron chi connectivity index (χ0n) is 17.1. The van der Waals surface area contributed by atoms with Gasteiger partial charge < -0.3 is 10.1 Å². The second kappa shape index (κ2) is 9.85. The molecule has 3 aromatic carbocycles. The van der Waals surface area contributed by atoms with Crippen LogP contribution in [0.3, 0.4) is 0 Å². The largest absolute Gasteiger partial charge is 0.497 e. The number of amides is 1. The van der Waals surface area contributed by atoms with Gasteiger partial charge in [-0.25, -0.2) is 8.42 Å². The summed E-state index contributed by atoms with van der Waals surface area (Å²) in [4.78, 5) is 12.9. The first-order valence-corrected chi connectivity index (χ1v) is 11.5. The Labute approximate surface area is 187 Å². The van der Waals surface area contributed by atoms with Gasteiger partial charge in [0, 0.05) is 0 Å². The van der Waals surface area contributed by atoms with Gasteiger partial charge in [0.05, 0.1) is 34.3 Å². The summed E-state index contributed by atoms with van der Waals surface area (Å²) < 4.78 is 32.6. The lowest BCUT2D eigenvalue weighted by Crippen LogP contribution is -2.28. The van der Waals surface area contributed by atoms with Gasteiger partial charge in [0.25, 0.3) is 15.9 Å². The molecule has 3 rings (SSSR count). The van der Waals surface area contributed by atoms with Crippen LogP contribution in [0.1, 0.15) is 35.3 Å². The lowest BCUT2D eigenvalue weighted by atomic mass is 10.0. The van der Waals surface area contributed by atoms with E-state index < -0.39 is 10.0 Å². The molecule has 0 saturated carbocycles. The van der Waals surface area contributed by atoms with Crippen LogP contribution < -0.4 is 14.8 Å². The number of sulfonamides is 1. The maximum atomic E-state index is 12.8. The van der Waals surface area contributed by atoms with Gasteiger partial charge in [0.15, 0.2) is 0 Å². The lowest BCUT2D eigenvalue weighted by Gasteiger charge is -2.18. The average Bonchev–Trinajstić information content (AvgIpc) is 2.78. The first kappa shape index (κ1) is 22.7. The molecule has 0 spiro atoms. The number of hydrogen-bond donors (Lipinski definition) is 2. The molecular weight excluding hydrogens is 436 g/mol. The Bertz CT molecular complexity index is 1150. The minimum absolute atomic E-state index is 0.137. The molecule has 1 amide bonds. The van der Waals surface area contributed by atoms with E-state index in [1.54, 1.807) is 25.3 Å². The Morgan fingerprint density at radius 2 is 1.71 bits per heavy atom. The molecule has 0 heterocycles. The van der Waals surface area contributed by atoms with E-state index >= 15 is 0 Å². The number of nitrogens with one attached hydrogen (secondary N) is 2. The molecule has 8 heteroatoms. The summed E-state index contributed by atoms with van der Waals surface area (Å²) in [7, 11) is -2.15. The van der Waals surface area contributed by atoms with Crippen molar-refractivity contribution in [3.63, 3.8) is 0 Å². The fourth-order valence-electron chi connectivity index (χ4n) is 3.07. The predicted octanol–water partition coefficient (Wildman–Crippen LogP) is 5.03. The predicted molar refractivity (Wildman–Crippen MR) is 122 cm³/mol. The molecule has 162 valence electrons. The monoisotopic (exact) mass is 458 g/mol. The molecule has 0 fully saturated rings. The van der Waals surface area contributed by atoms with Crippen LogP contribution in [0.5, 0.6) is 5.75 Å². The molecule has 0 bridgehead atoms. The molecule has 2 N–H and O–H groups in total. The summed E-state index contributed by atoms with van der Waals surface area (Å²) in [6.45, 7) is 1.97. The van der Waals surface area contributed by atoms with Crippen LogP contribution in [-0.2, 0) is 10.0 Å². The normalized spacial score (nSPS) is 12.1. The number of halogens is 1. The van der Waals surface area contributed by atoms with Crippen molar-refractivity contribution in [2.24, 2.45) is 0 Å². The zero-order chi connectivity index (χ0) is 22.4. The second-order valence-electron chi connectivity index (χ2n) is 6.82. The van der Waals surface area contributed by atoms with Crippen molar-refractivity contribution in [1.82, 2.24) is 5.32 Å². The number of methoxy groups -OCH3 is 1. The maximum Gasteiger partial charge on any atom is 0.261 e. The summed E-state index contributed by atoms with van der Waals surface area (Å²) in [5.74, 6) is 0.395. The second-order valence-corrected chi connectivity index (χ2v) is 8.91. The van der Waals surface area contributed by atoms with Gasteiger partial charge in [-0.05, 0) is 54.4 Å². The topological polar surface area (TPSA) is 84.5 Å². The number of benzene rings is 3. The minimum Gasteiger partial charge on any atom is -0.497 e. The van der Waals surface area contributed by atoms with E-state index in [9.17, 15) is 13.2 Å². The first-order valence-electron chi connectivity index (χ1n) is 9.66. The van der Waals surface area contributed by atoms with Crippen molar-refractivity contribution in [2.75, 3.05) is 11.8 Å². The highest BCUT2D eigenvalue weighted by Crippen LogP contribution is 2.25. The van der Waals surface area contributed by atoms with Crippen LogP contribution in [0.15, 0.2) is 77.7 Å². The van der Waals surface area contributed by atoms with Crippen LogP contribution >= 0.6 is 11.6 Å². The van der Waals surface area contributed by atoms with Crippen molar-refractivity contribution >= 4 is 33.2 Å². The van der Waals surface area contributed by atoms with Gasteiger partial charge >= 0.3 is 0 Å². The highest BCUT2D eigenvalue weighted by atomic mass is 35.5. The Kier molecular flexibility index (Phi) is 7.20. The lowest BCUT2D eigenvalue weighted by molar-refractivity contribution is 0.0935.